The van der Waals surface area contributed by atoms with Crippen LogP contribution in [0.4, 0.5) is 0 Å². The number of rotatable bonds is 7. The monoisotopic (exact) mass is 378 g/mol. The summed E-state index contributed by atoms with van der Waals surface area (Å²) < 4.78 is 34.6. The average Bonchev–Trinajstić information content (AvgIpc) is 2.65. The molecule has 0 saturated carbocycles. The maximum absolute atomic E-state index is 12.2. The molecule has 0 aliphatic rings. The Balaban J connectivity index is 2.14. The summed E-state index contributed by atoms with van der Waals surface area (Å²) in [5.41, 5.74) is 2.66. The Hall–Kier alpha value is -2.91. The van der Waals surface area contributed by atoms with Crippen molar-refractivity contribution in [1.82, 2.24) is 10.3 Å². The van der Waals surface area contributed by atoms with E-state index in [9.17, 15) is 18.0 Å². The minimum Gasteiger partial charge on any atom is -0.497 e. The molecule has 2 aromatic carbocycles. The molecule has 0 bridgehead atoms. The molecule has 0 aliphatic carbocycles. The Morgan fingerprint density at radius 2 is 1.42 bits per heavy atom. The van der Waals surface area contributed by atoms with Gasteiger partial charge in [0.05, 0.1) is 19.1 Å². The van der Waals surface area contributed by atoms with Gasteiger partial charge in [0.1, 0.15) is 11.5 Å². The summed E-state index contributed by atoms with van der Waals surface area (Å²) in [7, 11) is -1.12. The van der Waals surface area contributed by atoms with Crippen LogP contribution >= 0.6 is 0 Å². The summed E-state index contributed by atoms with van der Waals surface area (Å²) in [6.07, 6.45) is 0. The highest BCUT2D eigenvalue weighted by Crippen LogP contribution is 2.22. The van der Waals surface area contributed by atoms with Crippen LogP contribution in [0.3, 0.4) is 0 Å². The minimum atomic E-state index is -3.99. The second kappa shape index (κ2) is 7.98. The highest BCUT2D eigenvalue weighted by molar-refractivity contribution is 7.89. The molecule has 0 atom stereocenters. The summed E-state index contributed by atoms with van der Waals surface area (Å²) in [5.74, 6) is -0.0947. The van der Waals surface area contributed by atoms with E-state index in [0.717, 1.165) is 0 Å². The van der Waals surface area contributed by atoms with Gasteiger partial charge in [0.15, 0.2) is 5.78 Å². The number of hydrogen-bond donors (Lipinski definition) is 2. The molecule has 2 rings (SSSR count). The first-order valence-electron chi connectivity index (χ1n) is 7.43. The third kappa shape index (κ3) is 4.58. The zero-order chi connectivity index (χ0) is 19.3. The Labute approximate surface area is 151 Å². The number of amides is 1. The highest BCUT2D eigenvalue weighted by Gasteiger charge is 2.17. The highest BCUT2D eigenvalue weighted by atomic mass is 32.2. The second-order valence-corrected chi connectivity index (χ2v) is 6.92. The average molecular weight is 378 g/mol. The number of carbonyl (C=O) groups is 2. The van der Waals surface area contributed by atoms with Crippen molar-refractivity contribution in [3.63, 3.8) is 0 Å². The zero-order valence-electron chi connectivity index (χ0n) is 14.4. The lowest BCUT2D eigenvalue weighted by atomic mass is 10.2. The molecule has 138 valence electrons. The molecule has 1 amide bonds. The lowest BCUT2D eigenvalue weighted by Gasteiger charge is -2.11. The van der Waals surface area contributed by atoms with Crippen molar-refractivity contribution in [3.8, 4) is 11.5 Å². The third-order valence-electron chi connectivity index (χ3n) is 3.48. The Morgan fingerprint density at radius 1 is 0.885 bits per heavy atom. The number of benzene rings is 2. The maximum Gasteiger partial charge on any atom is 0.266 e. The Morgan fingerprint density at radius 3 is 1.88 bits per heavy atom. The fraction of sp³-hybridized carbons (Fsp3) is 0.176. The predicted molar refractivity (Wildman–Crippen MR) is 93.8 cm³/mol. The number of nitrogens with one attached hydrogen (secondary N) is 2. The largest absolute Gasteiger partial charge is 0.497 e. The molecular formula is C17H18N2O6S. The molecule has 0 heterocycles. The summed E-state index contributed by atoms with van der Waals surface area (Å²) in [5, 5.41) is 0. The number of ketones is 1. The molecule has 0 unspecified atom stereocenters. The van der Waals surface area contributed by atoms with Crippen LogP contribution in [0.2, 0.25) is 0 Å². The Bertz CT molecular complexity index is 901. The van der Waals surface area contributed by atoms with Gasteiger partial charge in [-0.1, -0.05) is 12.1 Å². The number of ether oxygens (including phenoxy) is 2. The van der Waals surface area contributed by atoms with Gasteiger partial charge in [-0.2, -0.15) is 0 Å². The van der Waals surface area contributed by atoms with Crippen molar-refractivity contribution in [2.45, 2.75) is 11.8 Å². The Kier molecular flexibility index (Phi) is 5.96. The van der Waals surface area contributed by atoms with Crippen molar-refractivity contribution in [2.24, 2.45) is 0 Å². The summed E-state index contributed by atoms with van der Waals surface area (Å²) in [6.45, 7) is 1.38. The van der Waals surface area contributed by atoms with Crippen LogP contribution in [0.15, 0.2) is 47.4 Å². The lowest BCUT2D eigenvalue weighted by Crippen LogP contribution is -2.41. The molecule has 9 heteroatoms. The molecule has 2 aromatic rings. The first kappa shape index (κ1) is 19.4. The van der Waals surface area contributed by atoms with Gasteiger partial charge in [-0.25, -0.2) is 8.42 Å². The van der Waals surface area contributed by atoms with E-state index in [-0.39, 0.29) is 16.2 Å². The minimum absolute atomic E-state index is 0.0916. The van der Waals surface area contributed by atoms with Crippen LogP contribution < -0.4 is 19.7 Å². The molecule has 0 spiro atoms. The molecular weight excluding hydrogens is 360 g/mol. The quantitative estimate of drug-likeness (QED) is 0.558. The molecule has 26 heavy (non-hydrogen) atoms. The van der Waals surface area contributed by atoms with Crippen LogP contribution in [0.5, 0.6) is 11.5 Å². The van der Waals surface area contributed by atoms with E-state index in [1.165, 1.54) is 57.5 Å². The van der Waals surface area contributed by atoms with Crippen LogP contribution in [-0.4, -0.2) is 34.3 Å². The summed E-state index contributed by atoms with van der Waals surface area (Å²) in [4.78, 5) is 25.4. The number of carbonyl (C=O) groups excluding carboxylic acids is 2. The number of Topliss-reactive ketones (excluding diaryl/α,β-unsaturated/α-hetero) is 1. The molecule has 0 aliphatic heterocycles. The molecule has 8 nitrogen and oxygen atoms in total. The van der Waals surface area contributed by atoms with E-state index in [1.807, 2.05) is 4.83 Å². The number of hydrogen-bond acceptors (Lipinski definition) is 6. The van der Waals surface area contributed by atoms with E-state index in [4.69, 9.17) is 9.47 Å². The lowest BCUT2D eigenvalue weighted by molar-refractivity contribution is 0.0943. The smallest absolute Gasteiger partial charge is 0.266 e. The third-order valence-corrected chi connectivity index (χ3v) is 4.75. The van der Waals surface area contributed by atoms with Crippen LogP contribution in [0, 0.1) is 0 Å². The number of sulfonamides is 1. The van der Waals surface area contributed by atoms with Crippen molar-refractivity contribution in [2.75, 3.05) is 14.2 Å². The van der Waals surface area contributed by atoms with Crippen LogP contribution in [-0.2, 0) is 10.0 Å². The van der Waals surface area contributed by atoms with Gasteiger partial charge in [0, 0.05) is 17.2 Å². The SMILES string of the molecule is COc1cc(OC)cc(C(=O)NNS(=O)(=O)c2ccc(C(C)=O)cc2)c1. The topological polar surface area (TPSA) is 111 Å². The first-order chi connectivity index (χ1) is 12.3. The summed E-state index contributed by atoms with van der Waals surface area (Å²) in [6, 6.07) is 9.80. The second-order valence-electron chi connectivity index (χ2n) is 5.24. The van der Waals surface area contributed by atoms with Crippen molar-refractivity contribution in [1.29, 1.82) is 0 Å². The van der Waals surface area contributed by atoms with Gasteiger partial charge in [-0.05, 0) is 31.2 Å². The number of hydrazine groups is 1. The van der Waals surface area contributed by atoms with E-state index in [2.05, 4.69) is 5.43 Å². The fourth-order valence-corrected chi connectivity index (χ4v) is 2.89. The molecule has 0 radical (unpaired) electrons. The van der Waals surface area contributed by atoms with Crippen molar-refractivity contribution in [3.05, 3.63) is 53.6 Å². The zero-order valence-corrected chi connectivity index (χ0v) is 15.2. The van der Waals surface area contributed by atoms with E-state index < -0.39 is 15.9 Å². The van der Waals surface area contributed by atoms with Gasteiger partial charge >= 0.3 is 0 Å². The maximum atomic E-state index is 12.2. The van der Waals surface area contributed by atoms with Crippen molar-refractivity contribution >= 4 is 21.7 Å². The van der Waals surface area contributed by atoms with E-state index in [0.29, 0.717) is 17.1 Å². The van der Waals surface area contributed by atoms with Gasteiger partial charge < -0.3 is 9.47 Å². The number of methoxy groups -OCH3 is 2. The first-order valence-corrected chi connectivity index (χ1v) is 8.91. The van der Waals surface area contributed by atoms with Crippen LogP contribution in [0.25, 0.3) is 0 Å². The van der Waals surface area contributed by atoms with Gasteiger partial charge in [0.25, 0.3) is 15.9 Å². The van der Waals surface area contributed by atoms with Crippen LogP contribution in [0.1, 0.15) is 27.6 Å². The molecule has 0 aromatic heterocycles. The van der Waals surface area contributed by atoms with Gasteiger partial charge in [0.2, 0.25) is 0 Å². The van der Waals surface area contributed by atoms with Crippen molar-refractivity contribution < 1.29 is 27.5 Å². The fourth-order valence-electron chi connectivity index (χ4n) is 2.05. The van der Waals surface area contributed by atoms with Gasteiger partial charge in [-0.15, -0.1) is 4.83 Å². The standard InChI is InChI=1S/C17H18N2O6S/c1-11(20)12-4-6-16(7-5-12)26(22,23)19-18-17(21)13-8-14(24-2)10-15(9-13)25-3/h4-10,19H,1-3H3,(H,18,21). The van der Waals surface area contributed by atoms with E-state index >= 15 is 0 Å². The summed E-state index contributed by atoms with van der Waals surface area (Å²) >= 11 is 0. The molecule has 0 fully saturated rings. The van der Waals surface area contributed by atoms with Gasteiger partial charge in [-0.3, -0.25) is 15.0 Å². The predicted octanol–water partition coefficient (Wildman–Crippen LogP) is 1.53. The molecule has 0 saturated heterocycles. The molecule has 2 N–H and O–H groups in total. The normalized spacial score (nSPS) is 10.9. The van der Waals surface area contributed by atoms with E-state index in [1.54, 1.807) is 6.07 Å².